The van der Waals surface area contributed by atoms with E-state index in [0.717, 1.165) is 173 Å². The molecule has 5 unspecified atom stereocenters. The number of esters is 3. The third-order valence-electron chi connectivity index (χ3n) is 17.5. The Hall–Kier alpha value is -4.57. The van der Waals surface area contributed by atoms with Gasteiger partial charge in [0.2, 0.25) is 0 Å². The van der Waals surface area contributed by atoms with E-state index in [1.54, 1.807) is 0 Å². The molecule has 0 aliphatic carbocycles. The Morgan fingerprint density at radius 1 is 0.271 bits per heavy atom. The lowest BCUT2D eigenvalue weighted by molar-refractivity contribution is -0.161. The van der Waals surface area contributed by atoms with Gasteiger partial charge in [0.15, 0.2) is 6.10 Å². The number of aliphatic hydroxyl groups is 2. The largest absolute Gasteiger partial charge is 0.472 e. The van der Waals surface area contributed by atoms with Crippen LogP contribution in [0.5, 0.6) is 0 Å². The Labute approximate surface area is 651 Å². The first kappa shape index (κ1) is 102. The van der Waals surface area contributed by atoms with Gasteiger partial charge in [0, 0.05) is 19.3 Å². The molecule has 0 aromatic heterocycles. The van der Waals surface area contributed by atoms with Crippen LogP contribution in [0.2, 0.25) is 0 Å². The average Bonchev–Trinajstić information content (AvgIpc) is 0.908. The van der Waals surface area contributed by atoms with Gasteiger partial charge in [-0.1, -0.05) is 327 Å². The van der Waals surface area contributed by atoms with Gasteiger partial charge in [-0.15, -0.1) is 0 Å². The second-order valence-electron chi connectivity index (χ2n) is 27.9. The number of unbranched alkanes of at least 4 members (excludes halogenated alkanes) is 32. The van der Waals surface area contributed by atoms with Crippen LogP contribution in [-0.2, 0) is 55.8 Å². The first-order chi connectivity index (χ1) is 52.2. The second kappa shape index (κ2) is 80.9. The zero-order chi connectivity index (χ0) is 78.0. The summed E-state index contributed by atoms with van der Waals surface area (Å²) in [5, 5.41) is 20.7. The third-order valence-corrected chi connectivity index (χ3v) is 19.4. The van der Waals surface area contributed by atoms with E-state index in [4.69, 9.17) is 32.3 Å². The summed E-state index contributed by atoms with van der Waals surface area (Å²) in [7, 11) is -9.80. The zero-order valence-corrected chi connectivity index (χ0v) is 69.1. The quantitative estimate of drug-likeness (QED) is 0.0146. The maximum atomic E-state index is 13.0. The fourth-order valence-corrected chi connectivity index (χ4v) is 12.8. The van der Waals surface area contributed by atoms with Crippen LogP contribution in [-0.4, -0.2) is 95.9 Å². The number of carbonyl (C=O) groups is 3. The molecule has 0 heterocycles. The summed E-state index contributed by atoms with van der Waals surface area (Å²) in [6, 6.07) is 0. The minimum Gasteiger partial charge on any atom is -0.463 e. The molecule has 614 valence electrons. The van der Waals surface area contributed by atoms with E-state index in [2.05, 4.69) is 167 Å². The second-order valence-corrected chi connectivity index (χ2v) is 30.8. The molecule has 0 aliphatic heterocycles. The molecule has 0 saturated heterocycles. The summed E-state index contributed by atoms with van der Waals surface area (Å²) in [5.41, 5.74) is 0. The molecular formula is C89H152O16P2. The maximum absolute atomic E-state index is 13.0. The normalized spacial score (nSPS) is 14.6. The van der Waals surface area contributed by atoms with Crippen molar-refractivity contribution in [3.63, 3.8) is 0 Å². The van der Waals surface area contributed by atoms with Crippen LogP contribution in [0.4, 0.5) is 0 Å². The van der Waals surface area contributed by atoms with Crippen molar-refractivity contribution < 1.29 is 75.8 Å². The smallest absolute Gasteiger partial charge is 0.463 e. The lowest BCUT2D eigenvalue weighted by Gasteiger charge is -2.21. The van der Waals surface area contributed by atoms with Crippen LogP contribution in [0.25, 0.3) is 0 Å². The first-order valence-electron chi connectivity index (χ1n) is 42.1. The predicted octanol–water partition coefficient (Wildman–Crippen LogP) is 25.2. The van der Waals surface area contributed by atoms with Gasteiger partial charge in [-0.2, -0.15) is 0 Å². The lowest BCUT2D eigenvalue weighted by atomic mass is 10.0. The first-order valence-corrected chi connectivity index (χ1v) is 45.1. The van der Waals surface area contributed by atoms with E-state index in [1.165, 1.54) is 109 Å². The Morgan fingerprint density at radius 3 is 0.785 bits per heavy atom. The molecule has 5 atom stereocenters. The van der Waals surface area contributed by atoms with E-state index in [1.807, 2.05) is 0 Å². The molecular weight excluding hydrogens is 1390 g/mol. The number of allylic oxidation sites excluding steroid dienone is 24. The topological polar surface area (TPSA) is 231 Å². The highest BCUT2D eigenvalue weighted by Crippen LogP contribution is 2.45. The van der Waals surface area contributed by atoms with Crippen LogP contribution in [0.3, 0.4) is 0 Å². The molecule has 4 N–H and O–H groups in total. The summed E-state index contributed by atoms with van der Waals surface area (Å²) in [4.78, 5) is 58.8. The number of hydrogen-bond donors (Lipinski definition) is 4. The number of rotatable bonds is 79. The van der Waals surface area contributed by atoms with E-state index in [-0.39, 0.29) is 19.3 Å². The molecule has 0 rings (SSSR count). The fraction of sp³-hybridized carbons (Fsp3) is 0.697. The Bertz CT molecular complexity index is 2530. The summed E-state index contributed by atoms with van der Waals surface area (Å²) in [5.74, 6) is -1.59. The van der Waals surface area contributed by atoms with Crippen LogP contribution in [0.15, 0.2) is 146 Å². The molecule has 0 radical (unpaired) electrons. The number of aliphatic hydroxyl groups excluding tert-OH is 2. The summed E-state index contributed by atoms with van der Waals surface area (Å²) in [6.07, 6.45) is 100. The van der Waals surface area contributed by atoms with E-state index in [0.29, 0.717) is 19.3 Å². The highest BCUT2D eigenvalue weighted by molar-refractivity contribution is 7.47. The highest BCUT2D eigenvalue weighted by Gasteiger charge is 2.29. The van der Waals surface area contributed by atoms with Gasteiger partial charge in [-0.05, 0) is 141 Å². The van der Waals surface area contributed by atoms with Gasteiger partial charge in [0.25, 0.3) is 0 Å². The molecule has 0 aliphatic rings. The van der Waals surface area contributed by atoms with Crippen molar-refractivity contribution in [2.45, 2.75) is 360 Å². The van der Waals surface area contributed by atoms with Crippen LogP contribution in [0, 0.1) is 0 Å². The predicted molar refractivity (Wildman–Crippen MR) is 445 cm³/mol. The zero-order valence-electron chi connectivity index (χ0n) is 67.3. The highest BCUT2D eigenvalue weighted by atomic mass is 31.2. The van der Waals surface area contributed by atoms with Crippen molar-refractivity contribution in [2.24, 2.45) is 0 Å². The van der Waals surface area contributed by atoms with Gasteiger partial charge in [0.05, 0.1) is 26.4 Å². The maximum Gasteiger partial charge on any atom is 0.472 e. The Morgan fingerprint density at radius 2 is 0.495 bits per heavy atom. The van der Waals surface area contributed by atoms with Gasteiger partial charge in [-0.3, -0.25) is 32.5 Å². The molecule has 0 fully saturated rings. The Kier molecular flexibility index (Phi) is 77.5. The van der Waals surface area contributed by atoms with Gasteiger partial charge in [0.1, 0.15) is 25.4 Å². The minimum absolute atomic E-state index is 0.0891. The summed E-state index contributed by atoms with van der Waals surface area (Å²) in [6.45, 7) is 2.44. The van der Waals surface area contributed by atoms with Crippen molar-refractivity contribution in [3.05, 3.63) is 146 Å². The van der Waals surface area contributed by atoms with Gasteiger partial charge >= 0.3 is 33.6 Å². The summed E-state index contributed by atoms with van der Waals surface area (Å²) >= 11 is 0. The Balaban J connectivity index is 4.57. The van der Waals surface area contributed by atoms with Crippen molar-refractivity contribution in [3.8, 4) is 0 Å². The molecule has 18 heteroatoms. The minimum atomic E-state index is -4.94. The average molecular weight is 1540 g/mol. The molecule has 0 amide bonds. The molecule has 16 nitrogen and oxygen atoms in total. The molecule has 107 heavy (non-hydrogen) atoms. The number of ether oxygens (including phenoxy) is 3. The molecule has 0 aromatic rings. The van der Waals surface area contributed by atoms with Crippen LogP contribution < -0.4 is 0 Å². The van der Waals surface area contributed by atoms with Gasteiger partial charge < -0.3 is 34.2 Å². The van der Waals surface area contributed by atoms with Crippen molar-refractivity contribution in [2.75, 3.05) is 39.6 Å². The van der Waals surface area contributed by atoms with Crippen LogP contribution in [0.1, 0.15) is 342 Å². The van der Waals surface area contributed by atoms with Crippen LogP contribution >= 0.6 is 15.6 Å². The number of phosphoric acid groups is 2. The SMILES string of the molecule is CC/C=C\C/C=C\C/C=C\C/C=C\C/C=C\CCCCCCCCCCCCCCCC(=O)OCC(O)COP(=O)(O)OCC(O)COP(=O)(O)OCC(COC(=O)CCCCCCCCCCC/C=C\C/C=C\C/C=C\C/C=C\CCCCC)OC(=O)CCCCCCCCC/C=C\C/C=C\C/C=C\CC. The van der Waals surface area contributed by atoms with Crippen molar-refractivity contribution in [1.82, 2.24) is 0 Å². The van der Waals surface area contributed by atoms with E-state index >= 15 is 0 Å². The molecule has 0 spiro atoms. The fourth-order valence-electron chi connectivity index (χ4n) is 11.2. The number of phosphoric ester groups is 2. The molecule has 0 saturated carbocycles. The van der Waals surface area contributed by atoms with E-state index < -0.39 is 91.5 Å². The molecule has 0 aromatic carbocycles. The lowest BCUT2D eigenvalue weighted by Crippen LogP contribution is -2.30. The number of carbonyl (C=O) groups excluding carboxylic acids is 3. The summed E-state index contributed by atoms with van der Waals surface area (Å²) < 4.78 is 61.3. The monoisotopic (exact) mass is 1540 g/mol. The van der Waals surface area contributed by atoms with E-state index in [9.17, 15) is 43.5 Å². The standard InChI is InChI=1S/C89H152O16P2/c1-4-7-10-13-16-19-22-25-28-31-33-35-37-39-40-41-42-44-46-47-49-52-54-57-60-63-66-69-72-75-87(92)99-78-84(90)79-101-106(95,96)102-80-85(91)81-103-107(97,98)104-83-86(105-89(94)77-74-71-68-65-62-59-56-51-30-27-24-21-18-15-12-9-6-3)82-100-88(93)76-73-70-67-64-61-58-55-53-50-48-45-43-38-36-34-32-29-26-23-20-17-14-11-8-5-2/h7,9-10,12,16-21,25-30,33-36,39-40,43,45,84-86,90-91H,4-6,8,11,13-15,22-24,31-32,37-38,41-42,44,46-83H2,1-3H3,(H,95,96)(H,97,98)/b10-7-,12-9-,19-16-,20-17-,21-18-,28-25-,29-26-,30-27-,35-33-,36-34-,40-39-,45-43-. The third kappa shape index (κ3) is 82.2. The van der Waals surface area contributed by atoms with Gasteiger partial charge in [-0.25, -0.2) is 9.13 Å². The van der Waals surface area contributed by atoms with Crippen molar-refractivity contribution >= 4 is 33.6 Å². The molecule has 0 bridgehead atoms. The van der Waals surface area contributed by atoms with Crippen molar-refractivity contribution in [1.29, 1.82) is 0 Å². The number of hydrogen-bond acceptors (Lipinski definition) is 14.